The van der Waals surface area contributed by atoms with E-state index in [-0.39, 0.29) is 11.7 Å². The number of oxime groups is 1. The molecule has 108 valence electrons. The standard InChI is InChI=1S/C15H21N3O2/c1-15(2,14(16)18-20)9-17-13(19)12-7-6-10-4-3-5-11(10)8-12/h6-8,20H,3-5,9H2,1-2H3,(H2,16,18)(H,17,19). The number of amides is 1. The van der Waals surface area contributed by atoms with Gasteiger partial charge in [0.15, 0.2) is 0 Å². The zero-order chi connectivity index (χ0) is 14.8. The zero-order valence-corrected chi connectivity index (χ0v) is 11.9. The van der Waals surface area contributed by atoms with Crippen LogP contribution in [0, 0.1) is 5.41 Å². The summed E-state index contributed by atoms with van der Waals surface area (Å²) in [7, 11) is 0. The Balaban J connectivity index is 2.02. The van der Waals surface area contributed by atoms with Crippen molar-refractivity contribution in [3.05, 3.63) is 34.9 Å². The molecule has 4 N–H and O–H groups in total. The van der Waals surface area contributed by atoms with Gasteiger partial charge in [-0.05, 0) is 42.5 Å². The van der Waals surface area contributed by atoms with E-state index < -0.39 is 5.41 Å². The lowest BCUT2D eigenvalue weighted by Crippen LogP contribution is -2.42. The number of benzene rings is 1. The quantitative estimate of drug-likeness (QED) is 0.338. The Morgan fingerprint density at radius 2 is 2.10 bits per heavy atom. The molecule has 1 aliphatic carbocycles. The normalized spacial score (nSPS) is 15.0. The largest absolute Gasteiger partial charge is 0.409 e. The fourth-order valence-corrected chi connectivity index (χ4v) is 2.34. The van der Waals surface area contributed by atoms with Crippen LogP contribution in [0.5, 0.6) is 0 Å². The fourth-order valence-electron chi connectivity index (χ4n) is 2.34. The molecular weight excluding hydrogens is 254 g/mol. The Kier molecular flexibility index (Phi) is 3.97. The lowest BCUT2D eigenvalue weighted by atomic mass is 9.92. The smallest absolute Gasteiger partial charge is 0.251 e. The molecule has 0 saturated carbocycles. The SMILES string of the molecule is CC(C)(CNC(=O)c1ccc2c(c1)CCC2)/C(N)=N/O. The molecule has 5 nitrogen and oxygen atoms in total. The highest BCUT2D eigenvalue weighted by molar-refractivity contribution is 5.95. The second-order valence-electron chi connectivity index (χ2n) is 5.89. The van der Waals surface area contributed by atoms with Crippen molar-refractivity contribution in [2.75, 3.05) is 6.54 Å². The van der Waals surface area contributed by atoms with E-state index in [2.05, 4.69) is 10.5 Å². The molecule has 1 aromatic rings. The maximum atomic E-state index is 12.1. The molecule has 0 saturated heterocycles. The highest BCUT2D eigenvalue weighted by Gasteiger charge is 2.24. The maximum absolute atomic E-state index is 12.1. The van der Waals surface area contributed by atoms with Gasteiger partial charge in [0.2, 0.25) is 0 Å². The molecule has 20 heavy (non-hydrogen) atoms. The number of hydrogen-bond acceptors (Lipinski definition) is 3. The van der Waals surface area contributed by atoms with Gasteiger partial charge in [-0.2, -0.15) is 0 Å². The topological polar surface area (TPSA) is 87.7 Å². The third kappa shape index (κ3) is 2.92. The molecule has 0 radical (unpaired) electrons. The number of amidine groups is 1. The summed E-state index contributed by atoms with van der Waals surface area (Å²) in [6.07, 6.45) is 3.32. The first-order valence-corrected chi connectivity index (χ1v) is 6.82. The summed E-state index contributed by atoms with van der Waals surface area (Å²) in [4.78, 5) is 12.1. The molecule has 0 bridgehead atoms. The van der Waals surface area contributed by atoms with E-state index in [4.69, 9.17) is 10.9 Å². The highest BCUT2D eigenvalue weighted by atomic mass is 16.4. The Bertz CT molecular complexity index is 550. The second-order valence-corrected chi connectivity index (χ2v) is 5.89. The molecular formula is C15H21N3O2. The molecule has 0 heterocycles. The minimum absolute atomic E-state index is 0.103. The van der Waals surface area contributed by atoms with Crippen molar-refractivity contribution in [2.45, 2.75) is 33.1 Å². The average molecular weight is 275 g/mol. The van der Waals surface area contributed by atoms with Crippen LogP contribution in [0.2, 0.25) is 0 Å². The van der Waals surface area contributed by atoms with Crippen LogP contribution in [0.4, 0.5) is 0 Å². The van der Waals surface area contributed by atoms with Gasteiger partial charge >= 0.3 is 0 Å². The average Bonchev–Trinajstić information content (AvgIpc) is 2.91. The van der Waals surface area contributed by atoms with Gasteiger partial charge in [0.1, 0.15) is 5.84 Å². The Morgan fingerprint density at radius 1 is 1.40 bits per heavy atom. The molecule has 1 amide bonds. The fraction of sp³-hybridized carbons (Fsp3) is 0.467. The zero-order valence-electron chi connectivity index (χ0n) is 11.9. The minimum atomic E-state index is -0.582. The number of rotatable bonds is 4. The van der Waals surface area contributed by atoms with Gasteiger partial charge < -0.3 is 16.3 Å². The maximum Gasteiger partial charge on any atom is 0.251 e. The van der Waals surface area contributed by atoms with E-state index >= 15 is 0 Å². The molecule has 0 aliphatic heterocycles. The summed E-state index contributed by atoms with van der Waals surface area (Å²) in [6, 6.07) is 5.86. The van der Waals surface area contributed by atoms with Gasteiger partial charge in [-0.15, -0.1) is 0 Å². The molecule has 1 aromatic carbocycles. The van der Waals surface area contributed by atoms with Crippen LogP contribution in [-0.2, 0) is 12.8 Å². The van der Waals surface area contributed by atoms with E-state index in [0.717, 1.165) is 19.3 Å². The lowest BCUT2D eigenvalue weighted by molar-refractivity contribution is 0.0944. The number of nitrogens with two attached hydrogens (primary N) is 1. The second kappa shape index (κ2) is 5.53. The summed E-state index contributed by atoms with van der Waals surface area (Å²) in [5.41, 5.74) is 8.30. The van der Waals surface area contributed by atoms with Crippen molar-refractivity contribution in [3.63, 3.8) is 0 Å². The van der Waals surface area contributed by atoms with Crippen LogP contribution < -0.4 is 11.1 Å². The molecule has 0 spiro atoms. The van der Waals surface area contributed by atoms with Gasteiger partial charge in [-0.3, -0.25) is 4.79 Å². The van der Waals surface area contributed by atoms with E-state index in [1.165, 1.54) is 11.1 Å². The predicted molar refractivity (Wildman–Crippen MR) is 78.0 cm³/mol. The van der Waals surface area contributed by atoms with Crippen LogP contribution in [0.15, 0.2) is 23.4 Å². The number of carbonyl (C=O) groups is 1. The summed E-state index contributed by atoms with van der Waals surface area (Å²) in [6.45, 7) is 3.94. The Hall–Kier alpha value is -2.04. The summed E-state index contributed by atoms with van der Waals surface area (Å²) < 4.78 is 0. The van der Waals surface area contributed by atoms with Gasteiger partial charge in [0.05, 0.1) is 0 Å². The van der Waals surface area contributed by atoms with Crippen molar-refractivity contribution >= 4 is 11.7 Å². The summed E-state index contributed by atoms with van der Waals surface area (Å²) in [5.74, 6) is -0.0229. The van der Waals surface area contributed by atoms with Crippen molar-refractivity contribution in [3.8, 4) is 0 Å². The van der Waals surface area contributed by atoms with Crippen LogP contribution >= 0.6 is 0 Å². The Labute approximate surface area is 118 Å². The van der Waals surface area contributed by atoms with Gasteiger partial charge in [-0.25, -0.2) is 0 Å². The molecule has 1 aliphatic rings. The van der Waals surface area contributed by atoms with Crippen molar-refractivity contribution in [2.24, 2.45) is 16.3 Å². The number of nitrogens with zero attached hydrogens (tertiary/aromatic N) is 1. The third-order valence-electron chi connectivity index (χ3n) is 3.85. The van der Waals surface area contributed by atoms with Gasteiger partial charge in [-0.1, -0.05) is 25.1 Å². The monoisotopic (exact) mass is 275 g/mol. The summed E-state index contributed by atoms with van der Waals surface area (Å²) in [5, 5.41) is 14.5. The molecule has 0 fully saturated rings. The molecule has 5 heteroatoms. The van der Waals surface area contributed by atoms with Crippen molar-refractivity contribution in [1.29, 1.82) is 0 Å². The van der Waals surface area contributed by atoms with Crippen LogP contribution in [0.3, 0.4) is 0 Å². The lowest BCUT2D eigenvalue weighted by Gasteiger charge is -2.23. The number of aryl methyl sites for hydroxylation is 2. The molecule has 0 aromatic heterocycles. The molecule has 2 rings (SSSR count). The minimum Gasteiger partial charge on any atom is -0.409 e. The van der Waals surface area contributed by atoms with Gasteiger partial charge in [0.25, 0.3) is 5.91 Å². The third-order valence-corrected chi connectivity index (χ3v) is 3.85. The number of fused-ring (bicyclic) bond motifs is 1. The Morgan fingerprint density at radius 3 is 2.80 bits per heavy atom. The molecule has 0 atom stereocenters. The van der Waals surface area contributed by atoms with Crippen molar-refractivity contribution in [1.82, 2.24) is 5.32 Å². The van der Waals surface area contributed by atoms with Crippen LogP contribution in [-0.4, -0.2) is 23.5 Å². The van der Waals surface area contributed by atoms with Crippen molar-refractivity contribution < 1.29 is 10.0 Å². The number of nitrogens with one attached hydrogen (secondary N) is 1. The number of carbonyl (C=O) groups excluding carboxylic acids is 1. The van der Waals surface area contributed by atoms with E-state index in [1.54, 1.807) is 0 Å². The van der Waals surface area contributed by atoms with Crippen LogP contribution in [0.1, 0.15) is 41.8 Å². The number of hydrogen-bond donors (Lipinski definition) is 3. The van der Waals surface area contributed by atoms with E-state index in [1.807, 2.05) is 32.0 Å². The molecule has 0 unspecified atom stereocenters. The van der Waals surface area contributed by atoms with Crippen LogP contribution in [0.25, 0.3) is 0 Å². The first kappa shape index (κ1) is 14.4. The highest BCUT2D eigenvalue weighted by Crippen LogP contribution is 2.23. The summed E-state index contributed by atoms with van der Waals surface area (Å²) >= 11 is 0. The predicted octanol–water partition coefficient (Wildman–Crippen LogP) is 1.68. The first-order chi connectivity index (χ1) is 9.44. The first-order valence-electron chi connectivity index (χ1n) is 6.82. The van der Waals surface area contributed by atoms with Gasteiger partial charge in [0, 0.05) is 17.5 Å². The van der Waals surface area contributed by atoms with E-state index in [0.29, 0.717) is 12.1 Å². The van der Waals surface area contributed by atoms with E-state index in [9.17, 15) is 4.79 Å².